The third-order valence-corrected chi connectivity index (χ3v) is 1.68. The van der Waals surface area contributed by atoms with E-state index < -0.39 is 22.2 Å². The summed E-state index contributed by atoms with van der Waals surface area (Å²) >= 11 is 0. The van der Waals surface area contributed by atoms with Crippen LogP contribution in [-0.2, 0) is 6.54 Å². The van der Waals surface area contributed by atoms with Gasteiger partial charge in [-0.1, -0.05) is 0 Å². The number of rotatable bonds is 3. The Balaban J connectivity index is 3.20. The first-order valence-corrected chi connectivity index (χ1v) is 3.83. The highest BCUT2D eigenvalue weighted by Crippen LogP contribution is 2.21. The van der Waals surface area contributed by atoms with Crippen molar-refractivity contribution in [1.82, 2.24) is 5.32 Å². The Morgan fingerprint density at radius 2 is 2.07 bits per heavy atom. The zero-order chi connectivity index (χ0) is 10.7. The van der Waals surface area contributed by atoms with Crippen LogP contribution in [0.15, 0.2) is 12.1 Å². The van der Waals surface area contributed by atoms with E-state index in [1.54, 1.807) is 7.05 Å². The van der Waals surface area contributed by atoms with E-state index in [2.05, 4.69) is 5.32 Å². The molecule has 1 N–H and O–H groups in total. The average Bonchev–Trinajstić information content (AvgIpc) is 2.09. The molecular weight excluding hydrogens is 194 g/mol. The fourth-order valence-electron chi connectivity index (χ4n) is 1.05. The second-order valence-electron chi connectivity index (χ2n) is 2.68. The first-order valence-electron chi connectivity index (χ1n) is 3.83. The van der Waals surface area contributed by atoms with E-state index in [-0.39, 0.29) is 12.1 Å². The topological polar surface area (TPSA) is 55.2 Å². The van der Waals surface area contributed by atoms with Crippen molar-refractivity contribution in [2.75, 3.05) is 7.05 Å². The highest BCUT2D eigenvalue weighted by molar-refractivity contribution is 5.37. The molecule has 1 aromatic rings. The number of hydrogen-bond acceptors (Lipinski definition) is 3. The summed E-state index contributed by atoms with van der Waals surface area (Å²) < 4.78 is 25.8. The predicted molar refractivity (Wildman–Crippen MR) is 45.8 cm³/mol. The summed E-state index contributed by atoms with van der Waals surface area (Å²) in [4.78, 5) is 9.43. The zero-order valence-electron chi connectivity index (χ0n) is 7.38. The van der Waals surface area contributed by atoms with Gasteiger partial charge in [-0.2, -0.15) is 4.39 Å². The molecule has 76 valence electrons. The van der Waals surface area contributed by atoms with Crippen molar-refractivity contribution in [1.29, 1.82) is 0 Å². The molecule has 1 rings (SSSR count). The van der Waals surface area contributed by atoms with Crippen LogP contribution in [0, 0.1) is 21.7 Å². The molecule has 0 unspecified atom stereocenters. The molecule has 1 aromatic carbocycles. The summed E-state index contributed by atoms with van der Waals surface area (Å²) in [5.41, 5.74) is -0.641. The molecule has 4 nitrogen and oxygen atoms in total. The van der Waals surface area contributed by atoms with Crippen molar-refractivity contribution in [3.8, 4) is 0 Å². The molecule has 0 radical (unpaired) electrons. The van der Waals surface area contributed by atoms with Gasteiger partial charge in [0.1, 0.15) is 5.82 Å². The molecule has 0 aliphatic rings. The van der Waals surface area contributed by atoms with Crippen LogP contribution in [0.5, 0.6) is 0 Å². The molecule has 6 heteroatoms. The fraction of sp³-hybridized carbons (Fsp3) is 0.250. The Morgan fingerprint density at radius 1 is 1.43 bits per heavy atom. The van der Waals surface area contributed by atoms with Crippen molar-refractivity contribution in [2.45, 2.75) is 6.54 Å². The number of benzene rings is 1. The number of hydrogen-bond donors (Lipinski definition) is 1. The standard InChI is InChI=1S/C8H8F2N2O2/c1-11-4-5-2-8(12(13)14)7(10)3-6(5)9/h2-3,11H,4H2,1H3. The second-order valence-corrected chi connectivity index (χ2v) is 2.68. The molecule has 0 aliphatic heterocycles. The number of nitrogens with one attached hydrogen (secondary N) is 1. The fourth-order valence-corrected chi connectivity index (χ4v) is 1.05. The lowest BCUT2D eigenvalue weighted by Gasteiger charge is -2.02. The minimum absolute atomic E-state index is 0.0700. The molecule has 0 aliphatic carbocycles. The largest absolute Gasteiger partial charge is 0.316 e. The smallest absolute Gasteiger partial charge is 0.305 e. The second kappa shape index (κ2) is 4.10. The predicted octanol–water partition coefficient (Wildman–Crippen LogP) is 1.59. The molecule has 0 spiro atoms. The minimum Gasteiger partial charge on any atom is -0.316 e. The van der Waals surface area contributed by atoms with Gasteiger partial charge in [0.05, 0.1) is 4.92 Å². The van der Waals surface area contributed by atoms with Crippen molar-refractivity contribution in [3.63, 3.8) is 0 Å². The zero-order valence-corrected chi connectivity index (χ0v) is 7.38. The van der Waals surface area contributed by atoms with E-state index in [0.717, 1.165) is 6.07 Å². The summed E-state index contributed by atoms with van der Waals surface area (Å²) in [5, 5.41) is 12.9. The molecule has 0 amide bonds. The Morgan fingerprint density at radius 3 is 2.57 bits per heavy atom. The molecule has 0 heterocycles. The van der Waals surface area contributed by atoms with Crippen LogP contribution < -0.4 is 5.32 Å². The molecule has 0 aromatic heterocycles. The van der Waals surface area contributed by atoms with Gasteiger partial charge in [0.15, 0.2) is 0 Å². The van der Waals surface area contributed by atoms with Crippen LogP contribution in [0.1, 0.15) is 5.56 Å². The maximum Gasteiger partial charge on any atom is 0.305 e. The van der Waals surface area contributed by atoms with Gasteiger partial charge < -0.3 is 5.32 Å². The van der Waals surface area contributed by atoms with Crippen molar-refractivity contribution >= 4 is 5.69 Å². The van der Waals surface area contributed by atoms with Crippen LogP contribution >= 0.6 is 0 Å². The lowest BCUT2D eigenvalue weighted by atomic mass is 10.2. The average molecular weight is 202 g/mol. The first kappa shape index (κ1) is 10.5. The van der Waals surface area contributed by atoms with Gasteiger partial charge in [0, 0.05) is 24.2 Å². The van der Waals surface area contributed by atoms with Gasteiger partial charge in [-0.3, -0.25) is 10.1 Å². The van der Waals surface area contributed by atoms with Crippen LogP contribution in [-0.4, -0.2) is 12.0 Å². The number of nitrogens with zero attached hydrogens (tertiary/aromatic N) is 1. The maximum absolute atomic E-state index is 13.0. The summed E-state index contributed by atoms with van der Waals surface area (Å²) in [7, 11) is 1.56. The Bertz CT molecular complexity index is 369. The van der Waals surface area contributed by atoms with Crippen LogP contribution in [0.4, 0.5) is 14.5 Å². The normalized spacial score (nSPS) is 10.2. The van der Waals surface area contributed by atoms with Crippen LogP contribution in [0.25, 0.3) is 0 Å². The van der Waals surface area contributed by atoms with E-state index in [9.17, 15) is 18.9 Å². The molecule has 0 atom stereocenters. The summed E-state index contributed by atoms with van der Waals surface area (Å²) in [6.07, 6.45) is 0. The summed E-state index contributed by atoms with van der Waals surface area (Å²) in [6.45, 7) is 0.118. The van der Waals surface area contributed by atoms with Gasteiger partial charge >= 0.3 is 5.69 Å². The van der Waals surface area contributed by atoms with E-state index in [4.69, 9.17) is 0 Å². The SMILES string of the molecule is CNCc1cc([N+](=O)[O-])c(F)cc1F. The number of halogens is 2. The van der Waals surface area contributed by atoms with Crippen molar-refractivity contribution in [3.05, 3.63) is 39.4 Å². The van der Waals surface area contributed by atoms with Gasteiger partial charge in [0.2, 0.25) is 5.82 Å². The van der Waals surface area contributed by atoms with E-state index in [1.165, 1.54) is 0 Å². The van der Waals surface area contributed by atoms with E-state index >= 15 is 0 Å². The van der Waals surface area contributed by atoms with Crippen LogP contribution in [0.2, 0.25) is 0 Å². The van der Waals surface area contributed by atoms with Crippen molar-refractivity contribution < 1.29 is 13.7 Å². The van der Waals surface area contributed by atoms with Crippen molar-refractivity contribution in [2.24, 2.45) is 0 Å². The van der Waals surface area contributed by atoms with Gasteiger partial charge in [-0.25, -0.2) is 4.39 Å². The van der Waals surface area contributed by atoms with E-state index in [0.29, 0.717) is 6.07 Å². The lowest BCUT2D eigenvalue weighted by molar-refractivity contribution is -0.387. The highest BCUT2D eigenvalue weighted by atomic mass is 19.1. The monoisotopic (exact) mass is 202 g/mol. The molecule has 14 heavy (non-hydrogen) atoms. The number of nitro benzene ring substituents is 1. The number of nitro groups is 1. The third-order valence-electron chi connectivity index (χ3n) is 1.68. The molecule has 0 saturated heterocycles. The minimum atomic E-state index is -1.16. The molecule has 0 bridgehead atoms. The van der Waals surface area contributed by atoms with Gasteiger partial charge in [0.25, 0.3) is 0 Å². The van der Waals surface area contributed by atoms with Gasteiger partial charge in [-0.15, -0.1) is 0 Å². The summed E-state index contributed by atoms with van der Waals surface area (Å²) in [5.74, 6) is -1.95. The lowest BCUT2D eigenvalue weighted by Crippen LogP contribution is -2.08. The van der Waals surface area contributed by atoms with Gasteiger partial charge in [-0.05, 0) is 7.05 Å². The summed E-state index contributed by atoms with van der Waals surface area (Å²) in [6, 6.07) is 1.41. The maximum atomic E-state index is 13.0. The highest BCUT2D eigenvalue weighted by Gasteiger charge is 2.17. The van der Waals surface area contributed by atoms with E-state index in [1.807, 2.05) is 0 Å². The first-order chi connectivity index (χ1) is 6.56. The quantitative estimate of drug-likeness (QED) is 0.598. The molecule has 0 fully saturated rings. The third kappa shape index (κ3) is 2.02. The molecular formula is C8H8F2N2O2. The Labute approximate surface area is 78.7 Å². The Kier molecular flexibility index (Phi) is 3.08. The molecule has 0 saturated carbocycles. The Hall–Kier alpha value is -1.56. The van der Waals surface area contributed by atoms with Crippen LogP contribution in [0.3, 0.4) is 0 Å².